The summed E-state index contributed by atoms with van der Waals surface area (Å²) in [5, 5.41) is 0. The highest BCUT2D eigenvalue weighted by molar-refractivity contribution is 5.93. The number of carbonyl (C=O) groups excluding carboxylic acids is 3. The molecule has 3 fully saturated rings. The Morgan fingerprint density at radius 1 is 1.18 bits per heavy atom. The quantitative estimate of drug-likeness (QED) is 0.722. The van der Waals surface area contributed by atoms with Gasteiger partial charge in [-0.2, -0.15) is 0 Å². The third-order valence-electron chi connectivity index (χ3n) is 8.60. The van der Waals surface area contributed by atoms with Crippen LogP contribution in [0.25, 0.3) is 0 Å². The summed E-state index contributed by atoms with van der Waals surface area (Å²) in [6.07, 6.45) is 7.59. The summed E-state index contributed by atoms with van der Waals surface area (Å²) in [4.78, 5) is 38.4. The van der Waals surface area contributed by atoms with E-state index in [1.807, 2.05) is 19.9 Å². The van der Waals surface area contributed by atoms with Crippen LogP contribution in [0, 0.1) is 34.5 Å². The second-order valence-electron chi connectivity index (χ2n) is 10.4. The van der Waals surface area contributed by atoms with Crippen LogP contribution in [0.2, 0.25) is 0 Å². The Bertz CT molecular complexity index is 735. The maximum atomic E-state index is 13.5. The monoisotopic (exact) mass is 386 g/mol. The molecule has 0 spiro atoms. The highest BCUT2D eigenvalue weighted by Crippen LogP contribution is 2.65. The van der Waals surface area contributed by atoms with Crippen LogP contribution < -0.4 is 0 Å². The fraction of sp³-hybridized carbons (Fsp3) is 0.792. The maximum absolute atomic E-state index is 13.5. The van der Waals surface area contributed by atoms with E-state index in [1.165, 1.54) is 5.57 Å². The highest BCUT2D eigenvalue weighted by Gasteiger charge is 2.63. The standard InChI is InChI=1S/C24H34O4/c1-14(2)28-13-21(27)19-8-7-18-17-6-5-15-11-16(25)9-10-23(15,3)22(17)20(26)12-24(18,19)4/h11,14,17-19,22H,5-10,12-13H2,1-4H3/t17-,18-,19+,22+,23-,24-/m0/s1. The van der Waals surface area contributed by atoms with Gasteiger partial charge in [-0.25, -0.2) is 0 Å². The van der Waals surface area contributed by atoms with Crippen molar-refractivity contribution in [2.45, 2.75) is 78.7 Å². The predicted molar refractivity (Wildman–Crippen MR) is 107 cm³/mol. The molecule has 0 aromatic rings. The molecule has 0 unspecified atom stereocenters. The van der Waals surface area contributed by atoms with Gasteiger partial charge in [0, 0.05) is 24.7 Å². The minimum atomic E-state index is -0.224. The predicted octanol–water partition coefficient (Wildman–Crippen LogP) is 4.31. The fourth-order valence-corrected chi connectivity index (χ4v) is 7.26. The molecule has 0 aromatic carbocycles. The Kier molecular flexibility index (Phi) is 4.93. The molecule has 4 aliphatic carbocycles. The van der Waals surface area contributed by atoms with Crippen LogP contribution in [0.15, 0.2) is 11.6 Å². The summed E-state index contributed by atoms with van der Waals surface area (Å²) in [5.41, 5.74) is 0.827. The summed E-state index contributed by atoms with van der Waals surface area (Å²) in [7, 11) is 0. The Hall–Kier alpha value is -1.29. The average molecular weight is 387 g/mol. The molecule has 0 aliphatic heterocycles. The maximum Gasteiger partial charge on any atom is 0.162 e. The van der Waals surface area contributed by atoms with Gasteiger partial charge in [0.05, 0.1) is 6.10 Å². The lowest BCUT2D eigenvalue weighted by Crippen LogP contribution is -2.55. The first-order valence-corrected chi connectivity index (χ1v) is 11.1. The molecular weight excluding hydrogens is 352 g/mol. The van der Waals surface area contributed by atoms with E-state index in [-0.39, 0.29) is 46.9 Å². The van der Waals surface area contributed by atoms with Crippen molar-refractivity contribution in [1.82, 2.24) is 0 Å². The molecule has 154 valence electrons. The van der Waals surface area contributed by atoms with Crippen molar-refractivity contribution >= 4 is 17.3 Å². The van der Waals surface area contributed by atoms with Crippen LogP contribution in [0.4, 0.5) is 0 Å². The van der Waals surface area contributed by atoms with Crippen LogP contribution >= 0.6 is 0 Å². The van der Waals surface area contributed by atoms with Gasteiger partial charge in [-0.1, -0.05) is 19.4 Å². The fourth-order valence-electron chi connectivity index (χ4n) is 7.26. The topological polar surface area (TPSA) is 60.4 Å². The molecule has 3 saturated carbocycles. The molecule has 0 N–H and O–H groups in total. The summed E-state index contributed by atoms with van der Waals surface area (Å²) in [6.45, 7) is 8.47. The zero-order chi connectivity index (χ0) is 20.3. The van der Waals surface area contributed by atoms with E-state index in [9.17, 15) is 14.4 Å². The summed E-state index contributed by atoms with van der Waals surface area (Å²) in [6, 6.07) is 0. The summed E-state index contributed by atoms with van der Waals surface area (Å²) >= 11 is 0. The lowest BCUT2D eigenvalue weighted by molar-refractivity contribution is -0.149. The molecule has 0 heterocycles. The zero-order valence-electron chi connectivity index (χ0n) is 17.8. The van der Waals surface area contributed by atoms with Crippen LogP contribution in [0.5, 0.6) is 0 Å². The summed E-state index contributed by atoms with van der Waals surface area (Å²) in [5.74, 6) is 1.48. The van der Waals surface area contributed by atoms with Gasteiger partial charge in [-0.05, 0) is 74.7 Å². The number of carbonyl (C=O) groups is 3. The third kappa shape index (κ3) is 2.94. The first-order chi connectivity index (χ1) is 13.2. The lowest BCUT2D eigenvalue weighted by atomic mass is 9.46. The molecule has 4 heteroatoms. The first-order valence-electron chi connectivity index (χ1n) is 11.1. The molecule has 4 nitrogen and oxygen atoms in total. The number of hydrogen-bond donors (Lipinski definition) is 0. The Labute approximate surface area is 168 Å². The lowest BCUT2D eigenvalue weighted by Gasteiger charge is -2.56. The molecule has 4 rings (SSSR count). The van der Waals surface area contributed by atoms with Gasteiger partial charge in [0.25, 0.3) is 0 Å². The Balaban J connectivity index is 1.61. The number of rotatable bonds is 4. The van der Waals surface area contributed by atoms with Gasteiger partial charge in [0.1, 0.15) is 12.4 Å². The van der Waals surface area contributed by atoms with E-state index in [0.29, 0.717) is 30.5 Å². The zero-order valence-corrected chi connectivity index (χ0v) is 17.8. The minimum absolute atomic E-state index is 0.0273. The van der Waals surface area contributed by atoms with Gasteiger partial charge < -0.3 is 4.74 Å². The number of Topliss-reactive ketones (excluding diaryl/α,β-unsaturated/α-hetero) is 2. The number of ether oxygens (including phenoxy) is 1. The molecule has 6 atom stereocenters. The van der Waals surface area contributed by atoms with E-state index in [0.717, 1.165) is 32.1 Å². The van der Waals surface area contributed by atoms with Crippen LogP contribution in [0.1, 0.15) is 72.6 Å². The van der Waals surface area contributed by atoms with E-state index in [4.69, 9.17) is 4.74 Å². The number of ketones is 3. The second-order valence-corrected chi connectivity index (χ2v) is 10.4. The van der Waals surface area contributed by atoms with Crippen molar-refractivity contribution in [3.63, 3.8) is 0 Å². The number of hydrogen-bond acceptors (Lipinski definition) is 4. The molecule has 0 aromatic heterocycles. The van der Waals surface area contributed by atoms with Gasteiger partial charge in [-0.15, -0.1) is 0 Å². The van der Waals surface area contributed by atoms with Crippen molar-refractivity contribution in [2.75, 3.05) is 6.61 Å². The molecular formula is C24H34O4. The smallest absolute Gasteiger partial charge is 0.162 e. The molecule has 0 saturated heterocycles. The second kappa shape index (κ2) is 6.90. The van der Waals surface area contributed by atoms with E-state index < -0.39 is 0 Å². The molecule has 0 amide bonds. The Morgan fingerprint density at radius 3 is 2.64 bits per heavy atom. The highest BCUT2D eigenvalue weighted by atomic mass is 16.5. The molecule has 0 bridgehead atoms. The van der Waals surface area contributed by atoms with Crippen molar-refractivity contribution in [3.05, 3.63) is 11.6 Å². The molecule has 0 radical (unpaired) electrons. The van der Waals surface area contributed by atoms with Crippen molar-refractivity contribution in [3.8, 4) is 0 Å². The SMILES string of the molecule is CC(C)OCC(=O)[C@H]1CC[C@H]2[C@@H]3CCC4=CC(=O)CC[C@]4(C)[C@H]3C(=O)C[C@]12C. The van der Waals surface area contributed by atoms with Crippen molar-refractivity contribution in [1.29, 1.82) is 0 Å². The minimum Gasteiger partial charge on any atom is -0.371 e. The molecule has 28 heavy (non-hydrogen) atoms. The van der Waals surface area contributed by atoms with Crippen LogP contribution in [-0.2, 0) is 19.1 Å². The average Bonchev–Trinajstić information content (AvgIpc) is 2.96. The van der Waals surface area contributed by atoms with Crippen LogP contribution in [-0.4, -0.2) is 30.1 Å². The van der Waals surface area contributed by atoms with E-state index in [1.54, 1.807) is 0 Å². The number of allylic oxidation sites excluding steroid dienone is 1. The van der Waals surface area contributed by atoms with Gasteiger partial charge in [-0.3, -0.25) is 14.4 Å². The van der Waals surface area contributed by atoms with Crippen LogP contribution in [0.3, 0.4) is 0 Å². The molecule has 4 aliphatic rings. The van der Waals surface area contributed by atoms with E-state index in [2.05, 4.69) is 13.8 Å². The Morgan fingerprint density at radius 2 is 1.93 bits per heavy atom. The van der Waals surface area contributed by atoms with Gasteiger partial charge in [0.15, 0.2) is 11.6 Å². The third-order valence-corrected chi connectivity index (χ3v) is 8.60. The number of fused-ring (bicyclic) bond motifs is 5. The van der Waals surface area contributed by atoms with E-state index >= 15 is 0 Å². The largest absolute Gasteiger partial charge is 0.371 e. The van der Waals surface area contributed by atoms with Gasteiger partial charge in [0.2, 0.25) is 0 Å². The summed E-state index contributed by atoms with van der Waals surface area (Å²) < 4.78 is 5.60. The first kappa shape index (κ1) is 20.0. The van der Waals surface area contributed by atoms with Crippen molar-refractivity contribution < 1.29 is 19.1 Å². The normalized spacial score (nSPS) is 42.7. The van der Waals surface area contributed by atoms with Gasteiger partial charge >= 0.3 is 0 Å². The van der Waals surface area contributed by atoms with Crippen molar-refractivity contribution in [2.24, 2.45) is 34.5 Å².